The van der Waals surface area contributed by atoms with Gasteiger partial charge in [0.1, 0.15) is 17.0 Å². The van der Waals surface area contributed by atoms with Crippen molar-refractivity contribution in [3.05, 3.63) is 106 Å². The van der Waals surface area contributed by atoms with E-state index in [1.807, 2.05) is 0 Å². The standard InChI is InChI=1S/C43H45F10NO8/c1-23(2)30-19-25(13-16-32(30)44)31-15-14-27(41(45,46)47)21-40(31,59-9)22-54(37(55)62-39(4,5)6)24(3)35(26-17-28(42(48,49)50)20-29(18-26)43(51,52)53)60-38(56)61-36-33(57-7)11-10-12-34(36)58-8/h10-20,23-24,35H,21-22H2,1-9H3/t24-,35-,40?/m0/s1. The van der Waals surface area contributed by atoms with Crippen LogP contribution in [0.1, 0.15) is 87.8 Å². The number of ether oxygens (including phenoxy) is 6. The molecule has 1 aliphatic carbocycles. The number of para-hydroxylation sites is 1. The molecule has 0 spiro atoms. The summed E-state index contributed by atoms with van der Waals surface area (Å²) in [5.74, 6) is -1.70. The predicted molar refractivity (Wildman–Crippen MR) is 205 cm³/mol. The molecule has 9 nitrogen and oxygen atoms in total. The van der Waals surface area contributed by atoms with Gasteiger partial charge in [0, 0.05) is 19.1 Å². The summed E-state index contributed by atoms with van der Waals surface area (Å²) in [6, 6.07) is 6.27. The summed E-state index contributed by atoms with van der Waals surface area (Å²) >= 11 is 0. The summed E-state index contributed by atoms with van der Waals surface area (Å²) in [7, 11) is 3.39. The van der Waals surface area contributed by atoms with Crippen LogP contribution in [0.2, 0.25) is 0 Å². The molecule has 1 amide bonds. The Bertz CT molecular complexity index is 2120. The highest BCUT2D eigenvalue weighted by Gasteiger charge is 2.49. The number of amides is 1. The van der Waals surface area contributed by atoms with E-state index in [1.165, 1.54) is 65.3 Å². The van der Waals surface area contributed by atoms with Crippen molar-refractivity contribution in [3.8, 4) is 17.2 Å². The molecule has 0 aromatic heterocycles. The molecule has 0 radical (unpaired) electrons. The number of halogens is 10. The van der Waals surface area contributed by atoms with Crippen molar-refractivity contribution in [2.45, 2.75) is 95.8 Å². The molecule has 0 fully saturated rings. The second-order valence-electron chi connectivity index (χ2n) is 15.6. The summed E-state index contributed by atoms with van der Waals surface area (Å²) in [5.41, 5.74) is -9.06. The van der Waals surface area contributed by atoms with E-state index >= 15 is 0 Å². The first kappa shape index (κ1) is 49.2. The quantitative estimate of drug-likeness (QED) is 0.101. The molecule has 0 aliphatic heterocycles. The normalized spacial score (nSPS) is 17.1. The highest BCUT2D eigenvalue weighted by Crippen LogP contribution is 2.47. The maximum Gasteiger partial charge on any atom is 0.514 e. The van der Waals surface area contributed by atoms with Gasteiger partial charge in [-0.3, -0.25) is 4.90 Å². The Morgan fingerprint density at radius 2 is 1.34 bits per heavy atom. The lowest BCUT2D eigenvalue weighted by atomic mass is 9.77. The van der Waals surface area contributed by atoms with Gasteiger partial charge in [-0.05, 0) is 98.3 Å². The van der Waals surface area contributed by atoms with E-state index in [1.54, 1.807) is 13.8 Å². The monoisotopic (exact) mass is 893 g/mol. The molecule has 0 saturated heterocycles. The Labute approximate surface area is 351 Å². The van der Waals surface area contributed by atoms with Crippen LogP contribution in [0.4, 0.5) is 53.5 Å². The molecule has 19 heteroatoms. The molecule has 3 aromatic rings. The van der Waals surface area contributed by atoms with Crippen molar-refractivity contribution < 1.29 is 81.9 Å². The number of methoxy groups -OCH3 is 3. The Balaban J connectivity index is 2.01. The van der Waals surface area contributed by atoms with Gasteiger partial charge >= 0.3 is 30.8 Å². The number of rotatable bonds is 12. The Kier molecular flexibility index (Phi) is 14.7. The number of benzene rings is 3. The van der Waals surface area contributed by atoms with E-state index < -0.39 is 107 Å². The van der Waals surface area contributed by atoms with E-state index in [4.69, 9.17) is 28.4 Å². The second-order valence-corrected chi connectivity index (χ2v) is 15.6. The minimum atomic E-state index is -5.40. The maximum atomic E-state index is 15.0. The Morgan fingerprint density at radius 1 is 0.774 bits per heavy atom. The average molecular weight is 894 g/mol. The largest absolute Gasteiger partial charge is 0.514 e. The van der Waals surface area contributed by atoms with Gasteiger partial charge in [-0.1, -0.05) is 38.1 Å². The van der Waals surface area contributed by atoms with Gasteiger partial charge < -0.3 is 28.4 Å². The van der Waals surface area contributed by atoms with Crippen LogP contribution in [0.25, 0.3) is 5.57 Å². The second kappa shape index (κ2) is 18.5. The van der Waals surface area contributed by atoms with Gasteiger partial charge in [-0.15, -0.1) is 0 Å². The molecule has 1 aliphatic rings. The number of carbonyl (C=O) groups excluding carboxylic acids is 2. The van der Waals surface area contributed by atoms with E-state index in [9.17, 15) is 53.5 Å². The number of nitrogens with zero attached hydrogens (tertiary/aromatic N) is 1. The molecule has 3 aromatic carbocycles. The van der Waals surface area contributed by atoms with Gasteiger partial charge in [-0.25, -0.2) is 14.0 Å². The van der Waals surface area contributed by atoms with Crippen molar-refractivity contribution in [1.29, 1.82) is 0 Å². The first-order valence-electron chi connectivity index (χ1n) is 18.8. The van der Waals surface area contributed by atoms with Crippen LogP contribution in [-0.2, 0) is 26.6 Å². The van der Waals surface area contributed by atoms with Gasteiger partial charge in [-0.2, -0.15) is 39.5 Å². The number of allylic oxidation sites excluding steroid dienone is 2. The zero-order chi connectivity index (χ0) is 46.7. The van der Waals surface area contributed by atoms with E-state index in [0.717, 1.165) is 32.3 Å². The van der Waals surface area contributed by atoms with Crippen molar-refractivity contribution in [3.63, 3.8) is 0 Å². The van der Waals surface area contributed by atoms with E-state index in [2.05, 4.69) is 0 Å². The minimum absolute atomic E-state index is 0.0192. The fourth-order valence-corrected chi connectivity index (χ4v) is 6.74. The number of alkyl halides is 9. The fraction of sp³-hybridized carbons (Fsp3) is 0.442. The number of hydrogen-bond acceptors (Lipinski definition) is 8. The molecule has 0 heterocycles. The lowest BCUT2D eigenvalue weighted by molar-refractivity contribution is -0.143. The number of hydrogen-bond donors (Lipinski definition) is 0. The van der Waals surface area contributed by atoms with Crippen LogP contribution in [0.5, 0.6) is 17.2 Å². The van der Waals surface area contributed by atoms with Crippen molar-refractivity contribution in [1.82, 2.24) is 4.90 Å². The van der Waals surface area contributed by atoms with Gasteiger partial charge in [0.05, 0.1) is 37.9 Å². The van der Waals surface area contributed by atoms with Crippen LogP contribution in [0.15, 0.2) is 72.3 Å². The highest BCUT2D eigenvalue weighted by atomic mass is 19.4. The van der Waals surface area contributed by atoms with Crippen molar-refractivity contribution in [2.75, 3.05) is 27.9 Å². The van der Waals surface area contributed by atoms with Crippen molar-refractivity contribution in [2.24, 2.45) is 0 Å². The molecule has 0 N–H and O–H groups in total. The van der Waals surface area contributed by atoms with Gasteiger partial charge in [0.25, 0.3) is 0 Å². The molecule has 62 heavy (non-hydrogen) atoms. The molecule has 0 saturated carbocycles. The molecule has 1 unspecified atom stereocenters. The summed E-state index contributed by atoms with van der Waals surface area (Å²) in [4.78, 5) is 28.7. The highest BCUT2D eigenvalue weighted by molar-refractivity contribution is 5.78. The van der Waals surface area contributed by atoms with Crippen LogP contribution < -0.4 is 14.2 Å². The lowest BCUT2D eigenvalue weighted by Gasteiger charge is -2.44. The summed E-state index contributed by atoms with van der Waals surface area (Å²) in [6.07, 6.45) is -20.4. The first-order chi connectivity index (χ1) is 28.5. The van der Waals surface area contributed by atoms with E-state index in [-0.39, 0.29) is 46.4 Å². The average Bonchev–Trinajstić information content (AvgIpc) is 3.17. The zero-order valence-electron chi connectivity index (χ0n) is 35.0. The van der Waals surface area contributed by atoms with Crippen LogP contribution in [0.3, 0.4) is 0 Å². The van der Waals surface area contributed by atoms with Gasteiger partial charge in [0.15, 0.2) is 17.6 Å². The van der Waals surface area contributed by atoms with Crippen molar-refractivity contribution >= 4 is 17.8 Å². The topological polar surface area (TPSA) is 92.8 Å². The third-order valence-electron chi connectivity index (χ3n) is 9.82. The third-order valence-corrected chi connectivity index (χ3v) is 9.82. The molecular formula is C43H45F10NO8. The SMILES string of the molecule is COc1cccc(OC)c1OC(=O)O[C@H](c1cc(C(F)(F)F)cc(C(F)(F)F)c1)[C@H](C)N(CC1(OC)CC(C(F)(F)F)=CC=C1c1ccc(F)c(C(C)C)c1)C(=O)OC(C)(C)C. The Hall–Kier alpha value is -5.46. The first-order valence-corrected chi connectivity index (χ1v) is 18.8. The smallest absolute Gasteiger partial charge is 0.493 e. The summed E-state index contributed by atoms with van der Waals surface area (Å²) < 4.78 is 177. The molecule has 3 atom stereocenters. The molecule has 0 bridgehead atoms. The van der Waals surface area contributed by atoms with Crippen LogP contribution >= 0.6 is 0 Å². The van der Waals surface area contributed by atoms with E-state index in [0.29, 0.717) is 4.90 Å². The third kappa shape index (κ3) is 11.5. The number of carbonyl (C=O) groups is 2. The fourth-order valence-electron chi connectivity index (χ4n) is 6.74. The predicted octanol–water partition coefficient (Wildman–Crippen LogP) is 12.2. The van der Waals surface area contributed by atoms with Crippen LogP contribution in [0, 0.1) is 5.82 Å². The molecular weight excluding hydrogens is 848 g/mol. The van der Waals surface area contributed by atoms with Gasteiger partial charge in [0.2, 0.25) is 5.75 Å². The zero-order valence-corrected chi connectivity index (χ0v) is 35.0. The lowest BCUT2D eigenvalue weighted by Crippen LogP contribution is -2.54. The minimum Gasteiger partial charge on any atom is -0.493 e. The molecule has 340 valence electrons. The maximum absolute atomic E-state index is 15.0. The summed E-state index contributed by atoms with van der Waals surface area (Å²) in [5, 5.41) is 0. The molecule has 4 rings (SSSR count). The van der Waals surface area contributed by atoms with Crippen LogP contribution in [-0.4, -0.2) is 68.4 Å². The summed E-state index contributed by atoms with van der Waals surface area (Å²) in [6.45, 7) is 7.67. The Morgan fingerprint density at radius 3 is 1.81 bits per heavy atom.